The van der Waals surface area contributed by atoms with Crippen molar-refractivity contribution in [2.75, 3.05) is 0 Å². The lowest BCUT2D eigenvalue weighted by Crippen LogP contribution is -2.01. The molecule has 0 aliphatic carbocycles. The molecule has 3 rings (SSSR count). The first-order valence-electron chi connectivity index (χ1n) is 7.75. The molecule has 0 atom stereocenters. The molecule has 0 unspecified atom stereocenters. The van der Waals surface area contributed by atoms with Gasteiger partial charge in [0.25, 0.3) is 5.69 Å². The standard InChI is InChI=1S/C18H15FN4O2S/c1-2-11-22-17(15-5-3-4-6-16(15)19)20-21-18(22)26-12-13-7-9-14(10-8-13)23(24)25/h2-10H,1,11-12H2. The van der Waals surface area contributed by atoms with Gasteiger partial charge >= 0.3 is 0 Å². The number of nitro groups is 1. The minimum Gasteiger partial charge on any atom is -0.298 e. The summed E-state index contributed by atoms with van der Waals surface area (Å²) in [6, 6.07) is 12.8. The van der Waals surface area contributed by atoms with E-state index in [2.05, 4.69) is 16.8 Å². The Morgan fingerprint density at radius 2 is 1.92 bits per heavy atom. The maximum Gasteiger partial charge on any atom is 0.269 e. The van der Waals surface area contributed by atoms with Crippen LogP contribution in [0.4, 0.5) is 10.1 Å². The summed E-state index contributed by atoms with van der Waals surface area (Å²) < 4.78 is 15.9. The molecule has 0 fully saturated rings. The molecule has 0 radical (unpaired) electrons. The normalized spacial score (nSPS) is 10.7. The van der Waals surface area contributed by atoms with Gasteiger partial charge < -0.3 is 0 Å². The number of aromatic nitrogens is 3. The quantitative estimate of drug-likeness (QED) is 0.265. The Hall–Kier alpha value is -3.00. The van der Waals surface area contributed by atoms with Crippen LogP contribution in [0.25, 0.3) is 11.4 Å². The monoisotopic (exact) mass is 370 g/mol. The zero-order valence-corrected chi connectivity index (χ0v) is 14.5. The van der Waals surface area contributed by atoms with Crippen molar-refractivity contribution in [2.45, 2.75) is 17.5 Å². The lowest BCUT2D eigenvalue weighted by molar-refractivity contribution is -0.384. The van der Waals surface area contributed by atoms with Gasteiger partial charge in [0.2, 0.25) is 0 Å². The molecule has 1 heterocycles. The van der Waals surface area contributed by atoms with E-state index in [-0.39, 0.29) is 11.5 Å². The van der Waals surface area contributed by atoms with Crippen LogP contribution >= 0.6 is 11.8 Å². The van der Waals surface area contributed by atoms with Crippen LogP contribution in [-0.4, -0.2) is 19.7 Å². The Labute approximate surface area is 153 Å². The first kappa shape index (κ1) is 17.8. The molecule has 0 aliphatic rings. The number of nitrogens with zero attached hydrogens (tertiary/aromatic N) is 4. The third-order valence-corrected chi connectivity index (χ3v) is 4.70. The van der Waals surface area contributed by atoms with Crippen molar-refractivity contribution >= 4 is 17.4 Å². The predicted molar refractivity (Wildman–Crippen MR) is 98.3 cm³/mol. The van der Waals surface area contributed by atoms with Crippen molar-refractivity contribution in [3.05, 3.63) is 82.7 Å². The third kappa shape index (κ3) is 3.80. The van der Waals surface area contributed by atoms with Crippen molar-refractivity contribution < 1.29 is 9.31 Å². The second-order valence-corrected chi connectivity index (χ2v) is 6.34. The number of thioether (sulfide) groups is 1. The Bertz CT molecular complexity index is 941. The fourth-order valence-corrected chi connectivity index (χ4v) is 3.30. The number of non-ortho nitro benzene ring substituents is 1. The summed E-state index contributed by atoms with van der Waals surface area (Å²) in [5.41, 5.74) is 1.35. The van der Waals surface area contributed by atoms with Crippen LogP contribution in [0.15, 0.2) is 66.3 Å². The maximum atomic E-state index is 14.1. The second kappa shape index (κ2) is 7.92. The van der Waals surface area contributed by atoms with Crippen molar-refractivity contribution in [2.24, 2.45) is 0 Å². The number of benzene rings is 2. The molecule has 1 aromatic heterocycles. The topological polar surface area (TPSA) is 73.8 Å². The highest BCUT2D eigenvalue weighted by Gasteiger charge is 2.16. The van der Waals surface area contributed by atoms with E-state index >= 15 is 0 Å². The highest BCUT2D eigenvalue weighted by atomic mass is 32.2. The number of nitro benzene ring substituents is 1. The predicted octanol–water partition coefficient (Wildman–Crippen LogP) is 4.47. The average Bonchev–Trinajstić information content (AvgIpc) is 3.03. The summed E-state index contributed by atoms with van der Waals surface area (Å²) in [5, 5.41) is 19.6. The Balaban J connectivity index is 1.83. The summed E-state index contributed by atoms with van der Waals surface area (Å²) >= 11 is 1.42. The number of hydrogen-bond acceptors (Lipinski definition) is 5. The molecule has 26 heavy (non-hydrogen) atoms. The van der Waals surface area contributed by atoms with E-state index in [0.29, 0.717) is 28.8 Å². The van der Waals surface area contributed by atoms with Crippen LogP contribution in [0.3, 0.4) is 0 Å². The summed E-state index contributed by atoms with van der Waals surface area (Å²) in [7, 11) is 0. The minimum absolute atomic E-state index is 0.0513. The zero-order valence-electron chi connectivity index (χ0n) is 13.7. The van der Waals surface area contributed by atoms with Crippen molar-refractivity contribution in [3.63, 3.8) is 0 Å². The van der Waals surface area contributed by atoms with E-state index in [9.17, 15) is 14.5 Å². The lowest BCUT2D eigenvalue weighted by atomic mass is 10.2. The SMILES string of the molecule is C=CCn1c(SCc2ccc([N+](=O)[O-])cc2)nnc1-c1ccccc1F. The van der Waals surface area contributed by atoms with E-state index < -0.39 is 4.92 Å². The van der Waals surface area contributed by atoms with Crippen LogP contribution in [0.5, 0.6) is 0 Å². The number of halogens is 1. The highest BCUT2D eigenvalue weighted by Crippen LogP contribution is 2.28. The van der Waals surface area contributed by atoms with Crippen molar-refractivity contribution in [1.82, 2.24) is 14.8 Å². The second-order valence-electron chi connectivity index (χ2n) is 5.40. The van der Waals surface area contributed by atoms with E-state index in [4.69, 9.17) is 0 Å². The summed E-state index contributed by atoms with van der Waals surface area (Å²) in [6.45, 7) is 4.18. The molecule has 0 saturated carbocycles. The van der Waals surface area contributed by atoms with Gasteiger partial charge in [-0.05, 0) is 17.7 Å². The first-order chi connectivity index (χ1) is 12.6. The smallest absolute Gasteiger partial charge is 0.269 e. The summed E-state index contributed by atoms with van der Waals surface area (Å²) in [6.07, 6.45) is 1.70. The largest absolute Gasteiger partial charge is 0.298 e. The molecule has 3 aromatic rings. The Morgan fingerprint density at radius 1 is 1.19 bits per heavy atom. The molecule has 0 N–H and O–H groups in total. The fourth-order valence-electron chi connectivity index (χ4n) is 2.39. The van der Waals surface area contributed by atoms with Gasteiger partial charge in [0.1, 0.15) is 5.82 Å². The third-order valence-electron chi connectivity index (χ3n) is 3.66. The van der Waals surface area contributed by atoms with Gasteiger partial charge in [-0.25, -0.2) is 4.39 Å². The maximum absolute atomic E-state index is 14.1. The average molecular weight is 370 g/mol. The van der Waals surface area contributed by atoms with Gasteiger partial charge in [-0.15, -0.1) is 16.8 Å². The Kier molecular flexibility index (Phi) is 5.43. The van der Waals surface area contributed by atoms with Crippen molar-refractivity contribution in [1.29, 1.82) is 0 Å². The summed E-state index contributed by atoms with van der Waals surface area (Å²) in [4.78, 5) is 10.3. The van der Waals surface area contributed by atoms with Crippen LogP contribution in [0, 0.1) is 15.9 Å². The molecule has 6 nitrogen and oxygen atoms in total. The van der Waals surface area contributed by atoms with Crippen LogP contribution < -0.4 is 0 Å². The van der Waals surface area contributed by atoms with E-state index in [1.54, 1.807) is 41.0 Å². The van der Waals surface area contributed by atoms with Gasteiger partial charge in [-0.1, -0.05) is 42.1 Å². The molecule has 0 spiro atoms. The van der Waals surface area contributed by atoms with E-state index in [0.717, 1.165) is 5.56 Å². The molecule has 8 heteroatoms. The highest BCUT2D eigenvalue weighted by molar-refractivity contribution is 7.98. The summed E-state index contributed by atoms with van der Waals surface area (Å²) in [5.74, 6) is 0.635. The van der Waals surface area contributed by atoms with Gasteiger partial charge in [-0.3, -0.25) is 14.7 Å². The molecule has 2 aromatic carbocycles. The fraction of sp³-hybridized carbons (Fsp3) is 0.111. The van der Waals surface area contributed by atoms with E-state index in [1.165, 1.54) is 30.0 Å². The molecule has 132 valence electrons. The van der Waals surface area contributed by atoms with Crippen LogP contribution in [0.1, 0.15) is 5.56 Å². The number of allylic oxidation sites excluding steroid dienone is 1. The first-order valence-corrected chi connectivity index (χ1v) is 8.74. The van der Waals surface area contributed by atoms with Crippen molar-refractivity contribution in [3.8, 4) is 11.4 Å². The molecule has 0 amide bonds. The Morgan fingerprint density at radius 3 is 2.58 bits per heavy atom. The van der Waals surface area contributed by atoms with Gasteiger partial charge in [0.05, 0.1) is 10.5 Å². The van der Waals surface area contributed by atoms with Gasteiger partial charge in [0, 0.05) is 24.4 Å². The van der Waals surface area contributed by atoms with Gasteiger partial charge in [-0.2, -0.15) is 0 Å². The molecule has 0 bridgehead atoms. The number of rotatable bonds is 7. The lowest BCUT2D eigenvalue weighted by Gasteiger charge is -2.08. The van der Waals surface area contributed by atoms with Crippen LogP contribution in [-0.2, 0) is 12.3 Å². The van der Waals surface area contributed by atoms with E-state index in [1.807, 2.05) is 0 Å². The van der Waals surface area contributed by atoms with Gasteiger partial charge in [0.15, 0.2) is 11.0 Å². The molecular weight excluding hydrogens is 355 g/mol. The molecule has 0 aliphatic heterocycles. The molecule has 0 saturated heterocycles. The zero-order chi connectivity index (χ0) is 18.5. The molecular formula is C18H15FN4O2S. The number of hydrogen-bond donors (Lipinski definition) is 0. The minimum atomic E-state index is -0.432. The van der Waals surface area contributed by atoms with Crippen LogP contribution in [0.2, 0.25) is 0 Å².